The van der Waals surface area contributed by atoms with E-state index in [0.717, 1.165) is 32.0 Å². The van der Waals surface area contributed by atoms with E-state index in [4.69, 9.17) is 9.15 Å². The maximum Gasteiger partial charge on any atom is 0.297 e. The number of oxazole rings is 1. The highest BCUT2D eigenvalue weighted by Gasteiger charge is 2.22. The topological polar surface area (TPSA) is 50.5 Å². The van der Waals surface area contributed by atoms with Gasteiger partial charge in [-0.25, -0.2) is 0 Å². The van der Waals surface area contributed by atoms with E-state index in [0.29, 0.717) is 18.1 Å². The molecule has 5 heteroatoms. The van der Waals surface area contributed by atoms with Gasteiger partial charge in [-0.2, -0.15) is 4.98 Å². The van der Waals surface area contributed by atoms with E-state index < -0.39 is 0 Å². The summed E-state index contributed by atoms with van der Waals surface area (Å²) in [6.07, 6.45) is 1.73. The van der Waals surface area contributed by atoms with E-state index in [1.165, 1.54) is 0 Å². The van der Waals surface area contributed by atoms with Gasteiger partial charge in [0.25, 0.3) is 6.01 Å². The van der Waals surface area contributed by atoms with Crippen LogP contribution in [0, 0.1) is 0 Å². The Morgan fingerprint density at radius 1 is 1.59 bits per heavy atom. The molecule has 1 fully saturated rings. The first-order chi connectivity index (χ1) is 8.16. The molecular formula is C12H21N3O2. The van der Waals surface area contributed by atoms with Crippen LogP contribution < -0.4 is 10.2 Å². The molecule has 2 heterocycles. The molecule has 0 aliphatic carbocycles. The van der Waals surface area contributed by atoms with Crippen LogP contribution in [0.5, 0.6) is 0 Å². The third-order valence-corrected chi connectivity index (χ3v) is 2.84. The zero-order valence-corrected chi connectivity index (χ0v) is 10.8. The third kappa shape index (κ3) is 3.20. The van der Waals surface area contributed by atoms with Crippen molar-refractivity contribution >= 4 is 6.01 Å². The van der Waals surface area contributed by atoms with Gasteiger partial charge in [-0.15, -0.1) is 0 Å². The maximum atomic E-state index is 5.53. The van der Waals surface area contributed by atoms with Crippen molar-refractivity contribution in [2.45, 2.75) is 39.4 Å². The molecule has 0 aromatic carbocycles. The van der Waals surface area contributed by atoms with Gasteiger partial charge >= 0.3 is 0 Å². The van der Waals surface area contributed by atoms with Crippen LogP contribution in [-0.4, -0.2) is 36.8 Å². The molecule has 5 nitrogen and oxygen atoms in total. The molecule has 1 aromatic rings. The largest absolute Gasteiger partial charge is 0.432 e. The smallest absolute Gasteiger partial charge is 0.297 e. The van der Waals surface area contributed by atoms with Gasteiger partial charge in [-0.05, 0) is 6.92 Å². The fourth-order valence-corrected chi connectivity index (χ4v) is 1.83. The van der Waals surface area contributed by atoms with Gasteiger partial charge in [0, 0.05) is 19.1 Å². The van der Waals surface area contributed by atoms with Crippen LogP contribution in [0.15, 0.2) is 10.7 Å². The molecule has 1 aliphatic rings. The standard InChI is InChI=1S/C12H21N3O2/c1-9(2)13-6-11-8-17-12(14-11)15-4-5-16-7-10(15)3/h8-10,13H,4-7H2,1-3H3. The summed E-state index contributed by atoms with van der Waals surface area (Å²) in [5, 5.41) is 3.32. The van der Waals surface area contributed by atoms with Gasteiger partial charge in [0.05, 0.1) is 24.9 Å². The molecule has 0 bridgehead atoms. The molecule has 1 unspecified atom stereocenters. The number of anilines is 1. The Balaban J connectivity index is 1.97. The molecule has 0 radical (unpaired) electrons. The predicted molar refractivity (Wildman–Crippen MR) is 66.1 cm³/mol. The quantitative estimate of drug-likeness (QED) is 0.860. The lowest BCUT2D eigenvalue weighted by atomic mass is 10.3. The van der Waals surface area contributed by atoms with Crippen molar-refractivity contribution in [2.75, 3.05) is 24.7 Å². The monoisotopic (exact) mass is 239 g/mol. The number of rotatable bonds is 4. The van der Waals surface area contributed by atoms with Crippen LogP contribution in [0.3, 0.4) is 0 Å². The zero-order chi connectivity index (χ0) is 12.3. The molecular weight excluding hydrogens is 218 g/mol. The van der Waals surface area contributed by atoms with Crippen LogP contribution in [0.1, 0.15) is 26.5 Å². The average molecular weight is 239 g/mol. The Labute approximate surface area is 102 Å². The molecule has 1 saturated heterocycles. The fraction of sp³-hybridized carbons (Fsp3) is 0.750. The molecule has 0 amide bonds. The van der Waals surface area contributed by atoms with E-state index in [9.17, 15) is 0 Å². The summed E-state index contributed by atoms with van der Waals surface area (Å²) in [7, 11) is 0. The Morgan fingerprint density at radius 3 is 3.12 bits per heavy atom. The summed E-state index contributed by atoms with van der Waals surface area (Å²) in [6, 6.07) is 1.49. The molecule has 2 rings (SSSR count). The second-order valence-electron chi connectivity index (χ2n) is 4.77. The van der Waals surface area contributed by atoms with Crippen LogP contribution in [0.2, 0.25) is 0 Å². The second kappa shape index (κ2) is 5.51. The van der Waals surface area contributed by atoms with Crippen LogP contribution in [0.25, 0.3) is 0 Å². The first-order valence-electron chi connectivity index (χ1n) is 6.19. The number of hydrogen-bond donors (Lipinski definition) is 1. The summed E-state index contributed by atoms with van der Waals surface area (Å²) in [6.45, 7) is 9.43. The van der Waals surface area contributed by atoms with Gasteiger partial charge in [-0.3, -0.25) is 0 Å². The highest BCUT2D eigenvalue weighted by molar-refractivity contribution is 5.29. The Morgan fingerprint density at radius 2 is 2.41 bits per heavy atom. The molecule has 0 spiro atoms. The fourth-order valence-electron chi connectivity index (χ4n) is 1.83. The average Bonchev–Trinajstić information content (AvgIpc) is 2.75. The van der Waals surface area contributed by atoms with Crippen molar-refractivity contribution in [3.8, 4) is 0 Å². The number of ether oxygens (including phenoxy) is 1. The second-order valence-corrected chi connectivity index (χ2v) is 4.77. The van der Waals surface area contributed by atoms with Gasteiger partial charge in [0.1, 0.15) is 6.26 Å². The normalized spacial score (nSPS) is 21.2. The third-order valence-electron chi connectivity index (χ3n) is 2.84. The van der Waals surface area contributed by atoms with Gasteiger partial charge in [0.2, 0.25) is 0 Å². The minimum absolute atomic E-state index is 0.327. The number of aromatic nitrogens is 1. The van der Waals surface area contributed by atoms with E-state index in [1.54, 1.807) is 6.26 Å². The minimum Gasteiger partial charge on any atom is -0.432 e. The number of nitrogens with zero attached hydrogens (tertiary/aromatic N) is 2. The van der Waals surface area contributed by atoms with Gasteiger partial charge < -0.3 is 19.4 Å². The van der Waals surface area contributed by atoms with E-state index in [2.05, 4.69) is 36.0 Å². The summed E-state index contributed by atoms with van der Waals surface area (Å²) < 4.78 is 10.9. The van der Waals surface area contributed by atoms with Gasteiger partial charge in [-0.1, -0.05) is 13.8 Å². The lowest BCUT2D eigenvalue weighted by Gasteiger charge is -2.31. The summed E-state index contributed by atoms with van der Waals surface area (Å²) in [5.41, 5.74) is 0.951. The summed E-state index contributed by atoms with van der Waals surface area (Å²) in [5.74, 6) is 0. The Bertz CT molecular complexity index is 351. The van der Waals surface area contributed by atoms with Crippen molar-refractivity contribution in [2.24, 2.45) is 0 Å². The zero-order valence-electron chi connectivity index (χ0n) is 10.8. The molecule has 1 aliphatic heterocycles. The van der Waals surface area contributed by atoms with Crippen molar-refractivity contribution in [3.05, 3.63) is 12.0 Å². The number of hydrogen-bond acceptors (Lipinski definition) is 5. The SMILES string of the molecule is CC(C)NCc1coc(N2CCOCC2C)n1. The molecule has 1 N–H and O–H groups in total. The van der Waals surface area contributed by atoms with Crippen molar-refractivity contribution in [1.29, 1.82) is 0 Å². The number of morpholine rings is 1. The number of nitrogens with one attached hydrogen (secondary N) is 1. The summed E-state index contributed by atoms with van der Waals surface area (Å²) >= 11 is 0. The van der Waals surface area contributed by atoms with E-state index >= 15 is 0 Å². The Kier molecular flexibility index (Phi) is 4.02. The lowest BCUT2D eigenvalue weighted by Crippen LogP contribution is -2.43. The molecule has 96 valence electrons. The van der Waals surface area contributed by atoms with Crippen LogP contribution in [-0.2, 0) is 11.3 Å². The predicted octanol–water partition coefficient (Wildman–Crippen LogP) is 1.40. The molecule has 17 heavy (non-hydrogen) atoms. The highest BCUT2D eigenvalue weighted by atomic mass is 16.5. The molecule has 1 aromatic heterocycles. The van der Waals surface area contributed by atoms with E-state index in [1.807, 2.05) is 0 Å². The van der Waals surface area contributed by atoms with Crippen molar-refractivity contribution in [3.63, 3.8) is 0 Å². The van der Waals surface area contributed by atoms with Crippen molar-refractivity contribution in [1.82, 2.24) is 10.3 Å². The molecule has 1 atom stereocenters. The first-order valence-corrected chi connectivity index (χ1v) is 6.19. The van der Waals surface area contributed by atoms with Crippen LogP contribution in [0.4, 0.5) is 6.01 Å². The first kappa shape index (κ1) is 12.4. The maximum absolute atomic E-state index is 5.53. The minimum atomic E-state index is 0.327. The van der Waals surface area contributed by atoms with Crippen LogP contribution >= 0.6 is 0 Å². The summed E-state index contributed by atoms with van der Waals surface area (Å²) in [4.78, 5) is 6.65. The highest BCUT2D eigenvalue weighted by Crippen LogP contribution is 2.18. The van der Waals surface area contributed by atoms with E-state index in [-0.39, 0.29) is 0 Å². The Hall–Kier alpha value is -1.07. The lowest BCUT2D eigenvalue weighted by molar-refractivity contribution is 0.0961. The van der Waals surface area contributed by atoms with Gasteiger partial charge in [0.15, 0.2) is 0 Å². The van der Waals surface area contributed by atoms with Crippen molar-refractivity contribution < 1.29 is 9.15 Å². The molecule has 0 saturated carbocycles.